The first-order valence-corrected chi connectivity index (χ1v) is 9.77. The third-order valence-corrected chi connectivity index (χ3v) is 4.65. The number of aryl methyl sites for hydroxylation is 2. The largest absolute Gasteiger partial charge is 0.460 e. The van der Waals surface area contributed by atoms with Gasteiger partial charge in [0.05, 0.1) is 6.54 Å². The maximum Gasteiger partial charge on any atom is 0.248 e. The van der Waals surface area contributed by atoms with E-state index in [0.717, 1.165) is 23.1 Å². The Hall–Kier alpha value is -4.04. The quantitative estimate of drug-likeness (QED) is 0.422. The Kier molecular flexibility index (Phi) is 6.29. The number of aromatic nitrogens is 3. The Morgan fingerprint density at radius 1 is 1.10 bits per heavy atom. The molecular formula is C23H21N5O3. The van der Waals surface area contributed by atoms with E-state index in [9.17, 15) is 4.79 Å². The fourth-order valence-electron chi connectivity index (χ4n) is 3.06. The summed E-state index contributed by atoms with van der Waals surface area (Å²) in [7, 11) is 0. The molecule has 0 atom stereocenters. The van der Waals surface area contributed by atoms with Crippen molar-refractivity contribution in [3.05, 3.63) is 90.1 Å². The van der Waals surface area contributed by atoms with E-state index in [1.54, 1.807) is 18.5 Å². The molecule has 8 nitrogen and oxygen atoms in total. The summed E-state index contributed by atoms with van der Waals surface area (Å²) >= 11 is 0. The number of pyridine rings is 1. The van der Waals surface area contributed by atoms with Gasteiger partial charge < -0.3 is 19.9 Å². The van der Waals surface area contributed by atoms with Crippen molar-refractivity contribution >= 4 is 17.7 Å². The number of hydrogen-bond acceptors (Lipinski definition) is 7. The molecule has 31 heavy (non-hydrogen) atoms. The maximum absolute atomic E-state index is 12.4. The molecule has 1 amide bonds. The van der Waals surface area contributed by atoms with Crippen LogP contribution in [0.5, 0.6) is 0 Å². The van der Waals surface area contributed by atoms with Crippen LogP contribution >= 0.6 is 0 Å². The number of carbonyl (C=O) groups is 1. The molecule has 8 heteroatoms. The summed E-state index contributed by atoms with van der Waals surface area (Å²) in [4.78, 5) is 16.5. The van der Waals surface area contributed by atoms with Crippen molar-refractivity contribution in [3.8, 4) is 11.3 Å². The monoisotopic (exact) mass is 415 g/mol. The normalized spacial score (nSPS) is 11.1. The van der Waals surface area contributed by atoms with Crippen LogP contribution in [0.3, 0.4) is 0 Å². The summed E-state index contributed by atoms with van der Waals surface area (Å²) in [6, 6.07) is 13.2. The Morgan fingerprint density at radius 2 is 1.97 bits per heavy atom. The van der Waals surface area contributed by atoms with Gasteiger partial charge >= 0.3 is 0 Å². The summed E-state index contributed by atoms with van der Waals surface area (Å²) in [6.07, 6.45) is 9.31. The van der Waals surface area contributed by atoms with Crippen molar-refractivity contribution < 1.29 is 13.6 Å². The van der Waals surface area contributed by atoms with Crippen molar-refractivity contribution in [1.82, 2.24) is 15.2 Å². The van der Waals surface area contributed by atoms with Crippen molar-refractivity contribution in [2.75, 3.05) is 5.32 Å². The van der Waals surface area contributed by atoms with Gasteiger partial charge in [0, 0.05) is 41.7 Å². The molecule has 0 aliphatic heterocycles. The number of benzene rings is 1. The van der Waals surface area contributed by atoms with E-state index in [1.807, 2.05) is 42.5 Å². The number of nitrogens with zero attached hydrogens (tertiary/aromatic N) is 3. The van der Waals surface area contributed by atoms with Crippen LogP contribution in [0.1, 0.15) is 22.8 Å². The van der Waals surface area contributed by atoms with E-state index in [-0.39, 0.29) is 5.91 Å². The molecule has 4 aromatic rings. The lowest BCUT2D eigenvalue weighted by Crippen LogP contribution is -2.07. The third-order valence-electron chi connectivity index (χ3n) is 4.65. The predicted molar refractivity (Wildman–Crippen MR) is 116 cm³/mol. The maximum atomic E-state index is 12.4. The van der Waals surface area contributed by atoms with Gasteiger partial charge in [-0.3, -0.25) is 9.78 Å². The van der Waals surface area contributed by atoms with Crippen LogP contribution in [0, 0.1) is 0 Å². The topological polar surface area (TPSA) is 120 Å². The molecule has 0 spiro atoms. The minimum Gasteiger partial charge on any atom is -0.460 e. The minimum absolute atomic E-state index is 0.240. The summed E-state index contributed by atoms with van der Waals surface area (Å²) in [5.41, 5.74) is 9.05. The summed E-state index contributed by atoms with van der Waals surface area (Å²) in [5.74, 6) is 1.74. The molecule has 156 valence electrons. The van der Waals surface area contributed by atoms with Gasteiger partial charge in [-0.1, -0.05) is 12.1 Å². The number of furan rings is 1. The van der Waals surface area contributed by atoms with Crippen LogP contribution in [0.2, 0.25) is 0 Å². The molecule has 0 radical (unpaired) electrons. The van der Waals surface area contributed by atoms with Crippen molar-refractivity contribution in [3.63, 3.8) is 0 Å². The van der Waals surface area contributed by atoms with E-state index in [0.29, 0.717) is 36.1 Å². The molecule has 0 aliphatic carbocycles. The zero-order valence-electron chi connectivity index (χ0n) is 16.7. The fraction of sp³-hybridized carbons (Fsp3) is 0.130. The smallest absolute Gasteiger partial charge is 0.248 e. The molecule has 1 aromatic carbocycles. The molecule has 4 rings (SSSR count). The third kappa shape index (κ3) is 5.31. The first-order valence-electron chi connectivity index (χ1n) is 9.77. The number of rotatable bonds is 8. The van der Waals surface area contributed by atoms with Crippen LogP contribution in [-0.2, 0) is 24.2 Å². The second-order valence-corrected chi connectivity index (χ2v) is 6.78. The first kappa shape index (κ1) is 20.2. The summed E-state index contributed by atoms with van der Waals surface area (Å²) < 4.78 is 10.9. The Morgan fingerprint density at radius 3 is 2.71 bits per heavy atom. The minimum atomic E-state index is -0.240. The van der Waals surface area contributed by atoms with Gasteiger partial charge in [0.1, 0.15) is 11.5 Å². The van der Waals surface area contributed by atoms with Crippen LogP contribution in [0.4, 0.5) is 5.69 Å². The number of nitrogens with one attached hydrogen (secondary N) is 1. The number of nitrogens with two attached hydrogens (primary N) is 1. The van der Waals surface area contributed by atoms with Gasteiger partial charge in [-0.05, 0) is 48.4 Å². The predicted octanol–water partition coefficient (Wildman–Crippen LogP) is 3.62. The standard InChI is InChI=1S/C23H21N5O3/c24-13-19-7-8-21(31-19)20-11-12-25-14-17(20)4-9-22(29)27-18-5-1-16(2-6-18)3-10-23-28-26-15-30-23/h1-2,4-9,11-12,14-15H,3,10,13,24H2,(H,27,29)/b9-4+. The van der Waals surface area contributed by atoms with E-state index in [1.165, 1.54) is 12.5 Å². The van der Waals surface area contributed by atoms with Gasteiger partial charge in [0.2, 0.25) is 18.2 Å². The van der Waals surface area contributed by atoms with Gasteiger partial charge in [-0.2, -0.15) is 0 Å². The molecule has 0 aliphatic rings. The van der Waals surface area contributed by atoms with E-state index in [2.05, 4.69) is 20.5 Å². The SMILES string of the molecule is NCc1ccc(-c2ccncc2/C=C/C(=O)Nc2ccc(CCc3nnco3)cc2)o1. The molecular weight excluding hydrogens is 394 g/mol. The van der Waals surface area contributed by atoms with Gasteiger partial charge in [0.15, 0.2) is 0 Å². The second kappa shape index (κ2) is 9.64. The van der Waals surface area contributed by atoms with Gasteiger partial charge in [-0.15, -0.1) is 10.2 Å². The fourth-order valence-corrected chi connectivity index (χ4v) is 3.06. The summed E-state index contributed by atoms with van der Waals surface area (Å²) in [5, 5.41) is 10.4. The second-order valence-electron chi connectivity index (χ2n) is 6.78. The summed E-state index contributed by atoms with van der Waals surface area (Å²) in [6.45, 7) is 0.328. The van der Waals surface area contributed by atoms with Crippen molar-refractivity contribution in [1.29, 1.82) is 0 Å². The van der Waals surface area contributed by atoms with Crippen LogP contribution < -0.4 is 11.1 Å². The number of carbonyl (C=O) groups excluding carboxylic acids is 1. The highest BCUT2D eigenvalue weighted by Gasteiger charge is 2.08. The highest BCUT2D eigenvalue weighted by atomic mass is 16.4. The Balaban J connectivity index is 1.37. The number of hydrogen-bond donors (Lipinski definition) is 2. The molecule has 3 heterocycles. The number of amides is 1. The molecule has 0 unspecified atom stereocenters. The highest BCUT2D eigenvalue weighted by molar-refractivity contribution is 6.02. The molecule has 0 saturated heterocycles. The Labute approximate surface area is 178 Å². The lowest BCUT2D eigenvalue weighted by atomic mass is 10.1. The molecule has 3 aromatic heterocycles. The number of anilines is 1. The lowest BCUT2D eigenvalue weighted by molar-refractivity contribution is -0.111. The average molecular weight is 415 g/mol. The van der Waals surface area contributed by atoms with E-state index < -0.39 is 0 Å². The highest BCUT2D eigenvalue weighted by Crippen LogP contribution is 2.26. The Bertz CT molecular complexity index is 1160. The van der Waals surface area contributed by atoms with E-state index >= 15 is 0 Å². The zero-order chi connectivity index (χ0) is 21.5. The molecule has 0 saturated carbocycles. The lowest BCUT2D eigenvalue weighted by Gasteiger charge is -2.05. The molecule has 0 fully saturated rings. The molecule has 3 N–H and O–H groups in total. The van der Waals surface area contributed by atoms with Gasteiger partial charge in [-0.25, -0.2) is 0 Å². The van der Waals surface area contributed by atoms with Crippen molar-refractivity contribution in [2.24, 2.45) is 5.73 Å². The molecule has 0 bridgehead atoms. The van der Waals surface area contributed by atoms with Gasteiger partial charge in [0.25, 0.3) is 0 Å². The van der Waals surface area contributed by atoms with Crippen LogP contribution in [0.25, 0.3) is 17.4 Å². The first-order chi connectivity index (χ1) is 15.2. The van der Waals surface area contributed by atoms with Crippen LogP contribution in [-0.4, -0.2) is 21.1 Å². The zero-order valence-corrected chi connectivity index (χ0v) is 16.7. The van der Waals surface area contributed by atoms with Crippen molar-refractivity contribution in [2.45, 2.75) is 19.4 Å². The van der Waals surface area contributed by atoms with E-state index in [4.69, 9.17) is 14.6 Å². The van der Waals surface area contributed by atoms with Crippen LogP contribution in [0.15, 0.2) is 76.2 Å². The average Bonchev–Trinajstić information content (AvgIpc) is 3.49.